The number of nitrogen functional groups attached to an aromatic ring is 1. The van der Waals surface area contributed by atoms with Crippen LogP contribution in [0.1, 0.15) is 11.1 Å². The third-order valence-corrected chi connectivity index (χ3v) is 3.05. The molecule has 0 aliphatic rings. The molecule has 0 saturated heterocycles. The summed E-state index contributed by atoms with van der Waals surface area (Å²) in [7, 11) is 1.57. The molecule has 0 amide bonds. The molecule has 6 heteroatoms. The van der Waals surface area contributed by atoms with Gasteiger partial charge in [0, 0.05) is 5.69 Å². The van der Waals surface area contributed by atoms with Crippen molar-refractivity contribution in [2.24, 2.45) is 0 Å². The van der Waals surface area contributed by atoms with Gasteiger partial charge in [-0.3, -0.25) is 0 Å². The Bertz CT molecular complexity index is 654. The van der Waals surface area contributed by atoms with Gasteiger partial charge in [0.1, 0.15) is 5.75 Å². The van der Waals surface area contributed by atoms with Crippen LogP contribution >= 0.6 is 0 Å². The maximum Gasteiger partial charge on any atom is 0.416 e. The van der Waals surface area contributed by atoms with Crippen molar-refractivity contribution in [1.29, 1.82) is 0 Å². The van der Waals surface area contributed by atoms with E-state index in [1.54, 1.807) is 19.2 Å². The first-order valence-corrected chi connectivity index (χ1v) is 6.19. The van der Waals surface area contributed by atoms with Gasteiger partial charge in [-0.05, 0) is 48.9 Å². The van der Waals surface area contributed by atoms with E-state index in [4.69, 9.17) is 10.5 Å². The Hall–Kier alpha value is -2.37. The lowest BCUT2D eigenvalue weighted by Gasteiger charge is -2.14. The van der Waals surface area contributed by atoms with Gasteiger partial charge >= 0.3 is 6.18 Å². The largest absolute Gasteiger partial charge is 0.496 e. The van der Waals surface area contributed by atoms with Gasteiger partial charge in [-0.25, -0.2) is 0 Å². The molecule has 0 aliphatic carbocycles. The molecule has 0 bridgehead atoms. The average molecular weight is 296 g/mol. The minimum absolute atomic E-state index is 0.0401. The molecule has 2 aromatic rings. The Balaban J connectivity index is 2.26. The van der Waals surface area contributed by atoms with Crippen molar-refractivity contribution in [3.05, 3.63) is 47.5 Å². The fourth-order valence-corrected chi connectivity index (χ4v) is 1.96. The molecule has 112 valence electrons. The van der Waals surface area contributed by atoms with Gasteiger partial charge in [0.2, 0.25) is 0 Å². The number of alkyl halides is 3. The topological polar surface area (TPSA) is 47.3 Å². The van der Waals surface area contributed by atoms with Crippen molar-refractivity contribution >= 4 is 17.1 Å². The number of hydrogen-bond acceptors (Lipinski definition) is 3. The number of rotatable bonds is 3. The highest BCUT2D eigenvalue weighted by Crippen LogP contribution is 2.34. The van der Waals surface area contributed by atoms with Crippen LogP contribution in [-0.2, 0) is 6.18 Å². The molecule has 21 heavy (non-hydrogen) atoms. The van der Waals surface area contributed by atoms with E-state index in [0.717, 1.165) is 29.1 Å². The molecular formula is C15H15F3N2O. The minimum Gasteiger partial charge on any atom is -0.496 e. The molecule has 0 unspecified atom stereocenters. The number of hydrogen-bond donors (Lipinski definition) is 2. The Morgan fingerprint density at radius 1 is 1.10 bits per heavy atom. The summed E-state index contributed by atoms with van der Waals surface area (Å²) >= 11 is 0. The van der Waals surface area contributed by atoms with Crippen LogP contribution in [0.2, 0.25) is 0 Å². The summed E-state index contributed by atoms with van der Waals surface area (Å²) < 4.78 is 42.9. The van der Waals surface area contributed by atoms with Gasteiger partial charge in [0.15, 0.2) is 0 Å². The highest BCUT2D eigenvalue weighted by Gasteiger charge is 2.30. The highest BCUT2D eigenvalue weighted by molar-refractivity contribution is 5.73. The molecule has 3 nitrogen and oxygen atoms in total. The zero-order chi connectivity index (χ0) is 15.6. The van der Waals surface area contributed by atoms with Crippen LogP contribution in [0.5, 0.6) is 5.75 Å². The van der Waals surface area contributed by atoms with Crippen LogP contribution in [0.15, 0.2) is 36.4 Å². The quantitative estimate of drug-likeness (QED) is 0.828. The lowest BCUT2D eigenvalue weighted by molar-refractivity contribution is -0.137. The SMILES string of the molecule is COc1ccc(Nc2ccc(C(F)(F)F)cc2N)cc1C. The highest BCUT2D eigenvalue weighted by atomic mass is 19.4. The van der Waals surface area contributed by atoms with E-state index in [-0.39, 0.29) is 5.69 Å². The number of halogens is 3. The molecule has 0 aromatic heterocycles. The fraction of sp³-hybridized carbons (Fsp3) is 0.200. The van der Waals surface area contributed by atoms with Crippen molar-refractivity contribution in [3.63, 3.8) is 0 Å². The summed E-state index contributed by atoms with van der Waals surface area (Å²) in [5.74, 6) is 0.737. The predicted octanol–water partition coefficient (Wildman–Crippen LogP) is 4.35. The minimum atomic E-state index is -4.40. The number of aryl methyl sites for hydroxylation is 1. The number of methoxy groups -OCH3 is 1. The first-order valence-electron chi connectivity index (χ1n) is 6.19. The third-order valence-electron chi connectivity index (χ3n) is 3.05. The lowest BCUT2D eigenvalue weighted by Crippen LogP contribution is -2.06. The van der Waals surface area contributed by atoms with Gasteiger partial charge in [0.05, 0.1) is 24.0 Å². The molecule has 0 atom stereocenters. The zero-order valence-electron chi connectivity index (χ0n) is 11.6. The van der Waals surface area contributed by atoms with Crippen molar-refractivity contribution in [3.8, 4) is 5.75 Å². The third kappa shape index (κ3) is 3.39. The normalized spacial score (nSPS) is 11.3. The maximum absolute atomic E-state index is 12.6. The maximum atomic E-state index is 12.6. The van der Waals surface area contributed by atoms with Gasteiger partial charge in [-0.1, -0.05) is 0 Å². The monoisotopic (exact) mass is 296 g/mol. The summed E-state index contributed by atoms with van der Waals surface area (Å²) in [6, 6.07) is 8.60. The van der Waals surface area contributed by atoms with Gasteiger partial charge < -0.3 is 15.8 Å². The van der Waals surface area contributed by atoms with Crippen LogP contribution in [-0.4, -0.2) is 7.11 Å². The van der Waals surface area contributed by atoms with Crippen LogP contribution in [0, 0.1) is 6.92 Å². The van der Waals surface area contributed by atoms with Crippen molar-refractivity contribution < 1.29 is 17.9 Å². The van der Waals surface area contributed by atoms with Gasteiger partial charge in [-0.15, -0.1) is 0 Å². The van der Waals surface area contributed by atoms with E-state index in [0.29, 0.717) is 5.69 Å². The Labute approximate surface area is 120 Å². The van der Waals surface area contributed by atoms with Crippen LogP contribution in [0.3, 0.4) is 0 Å². The second-order valence-corrected chi connectivity index (χ2v) is 4.61. The number of nitrogens with one attached hydrogen (secondary N) is 1. The second kappa shape index (κ2) is 5.55. The van der Waals surface area contributed by atoms with Crippen molar-refractivity contribution in [2.45, 2.75) is 13.1 Å². The predicted molar refractivity (Wildman–Crippen MR) is 76.9 cm³/mol. The van der Waals surface area contributed by atoms with E-state index >= 15 is 0 Å². The number of anilines is 3. The first kappa shape index (κ1) is 15.0. The standard InChI is InChI=1S/C15H15F3N2O/c1-9-7-11(4-6-14(9)21-2)20-13-5-3-10(8-12(13)19)15(16,17)18/h3-8,20H,19H2,1-2H3. The molecule has 2 aromatic carbocycles. The van der Waals surface area contributed by atoms with Gasteiger partial charge in [-0.2, -0.15) is 13.2 Å². The first-order chi connectivity index (χ1) is 9.81. The summed E-state index contributed by atoms with van der Waals surface area (Å²) in [5.41, 5.74) is 7.00. The van der Waals surface area contributed by atoms with Gasteiger partial charge in [0.25, 0.3) is 0 Å². The Morgan fingerprint density at radius 2 is 1.81 bits per heavy atom. The summed E-state index contributed by atoms with van der Waals surface area (Å²) in [5, 5.41) is 3.00. The van der Waals surface area contributed by atoms with E-state index in [2.05, 4.69) is 5.32 Å². The molecular weight excluding hydrogens is 281 g/mol. The van der Waals surface area contributed by atoms with Crippen LogP contribution < -0.4 is 15.8 Å². The molecule has 0 fully saturated rings. The lowest BCUT2D eigenvalue weighted by atomic mass is 10.1. The smallest absolute Gasteiger partial charge is 0.416 e. The zero-order valence-corrected chi connectivity index (χ0v) is 11.6. The molecule has 2 rings (SSSR count). The van der Waals surface area contributed by atoms with E-state index in [1.807, 2.05) is 13.0 Å². The fourth-order valence-electron chi connectivity index (χ4n) is 1.96. The summed E-state index contributed by atoms with van der Waals surface area (Å²) in [6.45, 7) is 1.88. The van der Waals surface area contributed by atoms with Crippen LogP contribution in [0.4, 0.5) is 30.2 Å². The summed E-state index contributed by atoms with van der Waals surface area (Å²) in [4.78, 5) is 0. The molecule has 0 radical (unpaired) electrons. The molecule has 0 aliphatic heterocycles. The second-order valence-electron chi connectivity index (χ2n) is 4.61. The molecule has 0 spiro atoms. The van der Waals surface area contributed by atoms with Crippen molar-refractivity contribution in [1.82, 2.24) is 0 Å². The number of nitrogens with two attached hydrogens (primary N) is 1. The Morgan fingerprint density at radius 3 is 2.33 bits per heavy atom. The van der Waals surface area contributed by atoms with E-state index in [1.165, 1.54) is 6.07 Å². The summed E-state index contributed by atoms with van der Waals surface area (Å²) in [6.07, 6.45) is -4.40. The Kier molecular flexibility index (Phi) is 3.97. The van der Waals surface area contributed by atoms with E-state index in [9.17, 15) is 13.2 Å². The molecule has 3 N–H and O–H groups in total. The molecule has 0 heterocycles. The van der Waals surface area contributed by atoms with Crippen LogP contribution in [0.25, 0.3) is 0 Å². The van der Waals surface area contributed by atoms with E-state index < -0.39 is 11.7 Å². The number of ether oxygens (including phenoxy) is 1. The average Bonchev–Trinajstić information content (AvgIpc) is 2.40. The molecule has 0 saturated carbocycles. The number of benzene rings is 2. The van der Waals surface area contributed by atoms with Crippen molar-refractivity contribution in [2.75, 3.05) is 18.2 Å².